The van der Waals surface area contributed by atoms with Gasteiger partial charge in [-0.15, -0.1) is 11.8 Å². The highest BCUT2D eigenvalue weighted by molar-refractivity contribution is 8.00. The van der Waals surface area contributed by atoms with E-state index in [-0.39, 0.29) is 24.4 Å². The molecule has 6 heteroatoms. The summed E-state index contributed by atoms with van der Waals surface area (Å²) in [7, 11) is 0. The Bertz CT molecular complexity index is 460. The molecule has 1 aromatic rings. The number of benzene rings is 1. The molecular weight excluding hydrogens is 290 g/mol. The Labute approximate surface area is 128 Å². The number of nitrogens with one attached hydrogen (secondary N) is 1. The first-order valence-electron chi connectivity index (χ1n) is 6.96. The Kier molecular flexibility index (Phi) is 6.56. The standard InChI is InChI=1S/C15H19NO4S/c17-14(16-9-12-5-4-8-19-12)10-20-15(18)11-21-13-6-2-1-3-7-13/h1-3,6-7,12H,4-5,8-11H2,(H,16,17)/t12-/m0/s1. The third-order valence-corrected chi connectivity index (χ3v) is 4.00. The van der Waals surface area contributed by atoms with E-state index in [1.807, 2.05) is 30.3 Å². The van der Waals surface area contributed by atoms with E-state index in [1.54, 1.807) is 0 Å². The molecule has 1 fully saturated rings. The predicted molar refractivity (Wildman–Crippen MR) is 80.1 cm³/mol. The van der Waals surface area contributed by atoms with E-state index in [4.69, 9.17) is 9.47 Å². The zero-order valence-electron chi connectivity index (χ0n) is 11.7. The van der Waals surface area contributed by atoms with Crippen LogP contribution >= 0.6 is 11.8 Å². The topological polar surface area (TPSA) is 64.6 Å². The molecule has 1 aliphatic heterocycles. The van der Waals surface area contributed by atoms with E-state index in [2.05, 4.69) is 5.32 Å². The molecule has 0 aliphatic carbocycles. The molecule has 5 nitrogen and oxygen atoms in total. The van der Waals surface area contributed by atoms with Gasteiger partial charge in [-0.25, -0.2) is 0 Å². The molecule has 0 unspecified atom stereocenters. The third-order valence-electron chi connectivity index (χ3n) is 3.02. The number of thioether (sulfide) groups is 1. The Morgan fingerprint density at radius 2 is 2.14 bits per heavy atom. The highest BCUT2D eigenvalue weighted by Gasteiger charge is 2.16. The number of hydrogen-bond donors (Lipinski definition) is 1. The molecule has 1 aromatic carbocycles. The second kappa shape index (κ2) is 8.69. The van der Waals surface area contributed by atoms with Crippen molar-refractivity contribution in [2.24, 2.45) is 0 Å². The Morgan fingerprint density at radius 3 is 2.86 bits per heavy atom. The molecule has 0 radical (unpaired) electrons. The van der Waals surface area contributed by atoms with Crippen LogP contribution in [0.5, 0.6) is 0 Å². The summed E-state index contributed by atoms with van der Waals surface area (Å²) < 4.78 is 10.3. The summed E-state index contributed by atoms with van der Waals surface area (Å²) in [4.78, 5) is 24.1. The fraction of sp³-hybridized carbons (Fsp3) is 0.467. The number of ether oxygens (including phenoxy) is 2. The number of rotatable bonds is 7. The highest BCUT2D eigenvalue weighted by Crippen LogP contribution is 2.16. The molecule has 0 bridgehead atoms. The van der Waals surface area contributed by atoms with E-state index in [9.17, 15) is 9.59 Å². The van der Waals surface area contributed by atoms with Crippen LogP contribution in [-0.4, -0.2) is 43.5 Å². The van der Waals surface area contributed by atoms with Gasteiger partial charge in [-0.2, -0.15) is 0 Å². The minimum absolute atomic E-state index is 0.0956. The van der Waals surface area contributed by atoms with Crippen molar-refractivity contribution >= 4 is 23.6 Å². The molecule has 1 heterocycles. The minimum atomic E-state index is -0.392. The molecule has 1 amide bonds. The van der Waals surface area contributed by atoms with Crippen molar-refractivity contribution in [3.8, 4) is 0 Å². The largest absolute Gasteiger partial charge is 0.455 e. The van der Waals surface area contributed by atoms with Gasteiger partial charge in [0.15, 0.2) is 6.61 Å². The quantitative estimate of drug-likeness (QED) is 0.612. The molecule has 0 saturated carbocycles. The van der Waals surface area contributed by atoms with Crippen molar-refractivity contribution in [1.29, 1.82) is 0 Å². The highest BCUT2D eigenvalue weighted by atomic mass is 32.2. The summed E-state index contributed by atoms with van der Waals surface area (Å²) in [5.74, 6) is -0.483. The fourth-order valence-electron chi connectivity index (χ4n) is 1.93. The number of hydrogen-bond acceptors (Lipinski definition) is 5. The van der Waals surface area contributed by atoms with E-state index < -0.39 is 5.97 Å². The molecule has 21 heavy (non-hydrogen) atoms. The molecule has 1 saturated heterocycles. The maximum Gasteiger partial charge on any atom is 0.316 e. The van der Waals surface area contributed by atoms with Crippen molar-refractivity contribution in [3.05, 3.63) is 30.3 Å². The van der Waals surface area contributed by atoms with Crippen molar-refractivity contribution in [1.82, 2.24) is 5.32 Å². The van der Waals surface area contributed by atoms with Gasteiger partial charge < -0.3 is 14.8 Å². The SMILES string of the molecule is O=C(COC(=O)CSc1ccccc1)NC[C@@H]1CCCO1. The van der Waals surface area contributed by atoms with Crippen molar-refractivity contribution in [2.75, 3.05) is 25.5 Å². The summed E-state index contributed by atoms with van der Waals surface area (Å²) in [6.45, 7) is 1.00. The normalized spacial score (nSPS) is 17.4. The average molecular weight is 309 g/mol. The van der Waals surface area contributed by atoms with Crippen LogP contribution in [0.4, 0.5) is 0 Å². The van der Waals surface area contributed by atoms with Crippen LogP contribution in [0.3, 0.4) is 0 Å². The third kappa shape index (κ3) is 6.18. The van der Waals surface area contributed by atoms with E-state index in [1.165, 1.54) is 11.8 Å². The minimum Gasteiger partial charge on any atom is -0.455 e. The van der Waals surface area contributed by atoms with Crippen LogP contribution in [0.25, 0.3) is 0 Å². The van der Waals surface area contributed by atoms with Crippen LogP contribution in [0.2, 0.25) is 0 Å². The van der Waals surface area contributed by atoms with Gasteiger partial charge >= 0.3 is 5.97 Å². The Morgan fingerprint density at radius 1 is 1.33 bits per heavy atom. The first-order valence-corrected chi connectivity index (χ1v) is 7.94. The lowest BCUT2D eigenvalue weighted by Gasteiger charge is -2.10. The van der Waals surface area contributed by atoms with Gasteiger partial charge in [0.2, 0.25) is 0 Å². The summed E-state index contributed by atoms with van der Waals surface area (Å²) in [6, 6.07) is 9.58. The molecule has 0 spiro atoms. The second-order valence-electron chi connectivity index (χ2n) is 4.70. The first-order chi connectivity index (χ1) is 10.2. The van der Waals surface area contributed by atoms with Crippen molar-refractivity contribution < 1.29 is 19.1 Å². The van der Waals surface area contributed by atoms with E-state index >= 15 is 0 Å². The second-order valence-corrected chi connectivity index (χ2v) is 5.75. The predicted octanol–water partition coefficient (Wildman–Crippen LogP) is 1.62. The van der Waals surface area contributed by atoms with Gasteiger partial charge in [0.25, 0.3) is 5.91 Å². The lowest BCUT2D eigenvalue weighted by molar-refractivity contribution is -0.146. The average Bonchev–Trinajstić information content (AvgIpc) is 3.03. The number of amides is 1. The molecule has 1 N–H and O–H groups in total. The van der Waals surface area contributed by atoms with Crippen LogP contribution in [0, 0.1) is 0 Å². The van der Waals surface area contributed by atoms with E-state index in [0.29, 0.717) is 6.54 Å². The van der Waals surface area contributed by atoms with E-state index in [0.717, 1.165) is 24.3 Å². The summed E-state index contributed by atoms with van der Waals surface area (Å²) >= 11 is 1.39. The van der Waals surface area contributed by atoms with Crippen LogP contribution in [0.1, 0.15) is 12.8 Å². The molecule has 0 aromatic heterocycles. The monoisotopic (exact) mass is 309 g/mol. The zero-order valence-corrected chi connectivity index (χ0v) is 12.6. The lowest BCUT2D eigenvalue weighted by atomic mass is 10.2. The smallest absolute Gasteiger partial charge is 0.316 e. The summed E-state index contributed by atoms with van der Waals surface area (Å²) in [6.07, 6.45) is 2.10. The lowest BCUT2D eigenvalue weighted by Crippen LogP contribution is -2.35. The molecule has 1 aliphatic rings. The Balaban J connectivity index is 1.56. The zero-order chi connectivity index (χ0) is 14.9. The number of carbonyl (C=O) groups excluding carboxylic acids is 2. The van der Waals surface area contributed by atoms with Gasteiger partial charge in [0, 0.05) is 18.0 Å². The fourth-order valence-corrected chi connectivity index (χ4v) is 2.65. The van der Waals surface area contributed by atoms with Gasteiger partial charge in [-0.1, -0.05) is 18.2 Å². The summed E-state index contributed by atoms with van der Waals surface area (Å²) in [5, 5.41) is 2.71. The number of esters is 1. The van der Waals surface area contributed by atoms with Gasteiger partial charge in [-0.3, -0.25) is 9.59 Å². The first kappa shape index (κ1) is 15.9. The number of carbonyl (C=O) groups is 2. The Hall–Kier alpha value is -1.53. The van der Waals surface area contributed by atoms with Crippen LogP contribution < -0.4 is 5.32 Å². The van der Waals surface area contributed by atoms with Crippen molar-refractivity contribution in [3.63, 3.8) is 0 Å². The molecule has 2 rings (SSSR count). The van der Waals surface area contributed by atoms with Gasteiger partial charge in [0.1, 0.15) is 0 Å². The summed E-state index contributed by atoms with van der Waals surface area (Å²) in [5.41, 5.74) is 0. The van der Waals surface area contributed by atoms with Gasteiger partial charge in [0.05, 0.1) is 11.9 Å². The van der Waals surface area contributed by atoms with Gasteiger partial charge in [-0.05, 0) is 25.0 Å². The van der Waals surface area contributed by atoms with Crippen LogP contribution in [-0.2, 0) is 19.1 Å². The molecule has 1 atom stereocenters. The van der Waals surface area contributed by atoms with Crippen molar-refractivity contribution in [2.45, 2.75) is 23.8 Å². The maximum atomic E-state index is 11.5. The maximum absolute atomic E-state index is 11.5. The molecule has 114 valence electrons. The van der Waals surface area contributed by atoms with Crippen LogP contribution in [0.15, 0.2) is 35.2 Å². The molecular formula is C15H19NO4S.